The van der Waals surface area contributed by atoms with Crippen molar-refractivity contribution < 1.29 is 4.74 Å². The topological polar surface area (TPSA) is 33.3 Å². The second-order valence-corrected chi connectivity index (χ2v) is 4.22. The molecule has 3 aliphatic rings. The van der Waals surface area contributed by atoms with Crippen molar-refractivity contribution in [3.63, 3.8) is 0 Å². The summed E-state index contributed by atoms with van der Waals surface area (Å²) in [6, 6.07) is 0. The molecule has 0 bridgehead atoms. The molecule has 76 valence electrons. The molecule has 0 unspecified atom stereocenters. The number of piperidine rings is 1. The molecule has 0 aromatic rings. The maximum atomic E-state index is 6.00. The lowest BCUT2D eigenvalue weighted by molar-refractivity contribution is -0.00897. The molecular formula is C11H16N2O. The van der Waals surface area contributed by atoms with Gasteiger partial charge in [0.25, 0.3) is 0 Å². The molecule has 1 saturated heterocycles. The second-order valence-electron chi connectivity index (χ2n) is 4.22. The van der Waals surface area contributed by atoms with Gasteiger partial charge in [-0.3, -0.25) is 0 Å². The Balaban J connectivity index is 1.93. The summed E-state index contributed by atoms with van der Waals surface area (Å²) in [5, 5.41) is 6.86. The van der Waals surface area contributed by atoms with E-state index in [9.17, 15) is 0 Å². The number of hydrogen-bond acceptors (Lipinski definition) is 3. The van der Waals surface area contributed by atoms with Crippen molar-refractivity contribution in [2.45, 2.75) is 18.4 Å². The highest BCUT2D eigenvalue weighted by atomic mass is 16.5. The first kappa shape index (κ1) is 8.50. The molecule has 1 fully saturated rings. The van der Waals surface area contributed by atoms with Gasteiger partial charge in [-0.05, 0) is 31.5 Å². The molecule has 0 aromatic heterocycles. The van der Waals surface area contributed by atoms with E-state index in [4.69, 9.17) is 4.74 Å². The maximum absolute atomic E-state index is 6.00. The van der Waals surface area contributed by atoms with Crippen molar-refractivity contribution >= 4 is 0 Å². The third kappa shape index (κ3) is 1.12. The van der Waals surface area contributed by atoms with Gasteiger partial charge in [-0.1, -0.05) is 12.2 Å². The van der Waals surface area contributed by atoms with Gasteiger partial charge in [0, 0.05) is 12.2 Å². The summed E-state index contributed by atoms with van der Waals surface area (Å²) >= 11 is 0. The molecule has 3 heteroatoms. The lowest BCUT2D eigenvalue weighted by atomic mass is 9.87. The monoisotopic (exact) mass is 192 g/mol. The fraction of sp³-hybridized carbons (Fsp3) is 0.636. The van der Waals surface area contributed by atoms with E-state index < -0.39 is 0 Å². The van der Waals surface area contributed by atoms with Crippen LogP contribution in [0, 0.1) is 0 Å². The molecule has 3 rings (SSSR count). The van der Waals surface area contributed by atoms with Gasteiger partial charge in [-0.2, -0.15) is 0 Å². The van der Waals surface area contributed by atoms with Crippen molar-refractivity contribution in [2.75, 3.05) is 26.2 Å². The zero-order valence-corrected chi connectivity index (χ0v) is 8.31. The number of dihydropyridines is 1. The lowest BCUT2D eigenvalue weighted by Crippen LogP contribution is -2.46. The zero-order chi connectivity index (χ0) is 9.43. The van der Waals surface area contributed by atoms with Crippen LogP contribution in [0.3, 0.4) is 0 Å². The van der Waals surface area contributed by atoms with Crippen LogP contribution in [0.15, 0.2) is 23.4 Å². The first-order chi connectivity index (χ1) is 6.91. The van der Waals surface area contributed by atoms with E-state index in [2.05, 4.69) is 22.8 Å². The third-order valence-corrected chi connectivity index (χ3v) is 3.41. The van der Waals surface area contributed by atoms with Crippen LogP contribution in [0.5, 0.6) is 0 Å². The first-order valence-corrected chi connectivity index (χ1v) is 5.39. The summed E-state index contributed by atoms with van der Waals surface area (Å²) < 4.78 is 6.00. The van der Waals surface area contributed by atoms with Gasteiger partial charge < -0.3 is 15.4 Å². The Morgan fingerprint density at radius 2 is 2.14 bits per heavy atom. The molecule has 3 heterocycles. The number of nitrogens with one attached hydrogen (secondary N) is 2. The van der Waals surface area contributed by atoms with Crippen LogP contribution in [-0.2, 0) is 4.74 Å². The Kier molecular flexibility index (Phi) is 1.89. The second kappa shape index (κ2) is 3.11. The Hall–Kier alpha value is -0.800. The van der Waals surface area contributed by atoms with Crippen molar-refractivity contribution in [3.8, 4) is 0 Å². The molecule has 0 aromatic carbocycles. The standard InChI is InChI=1S/C11H16N2O/c1-2-9-8-14-11(10(9)13-5-1)3-6-12-7-4-11/h1-2,12-13H,3-8H2. The van der Waals surface area contributed by atoms with Crippen LogP contribution < -0.4 is 10.6 Å². The Morgan fingerprint density at radius 1 is 1.29 bits per heavy atom. The van der Waals surface area contributed by atoms with Crippen molar-refractivity contribution in [3.05, 3.63) is 23.4 Å². The summed E-state index contributed by atoms with van der Waals surface area (Å²) in [6.07, 6.45) is 6.59. The fourth-order valence-corrected chi connectivity index (χ4v) is 2.65. The number of ether oxygens (including phenoxy) is 1. The highest BCUT2D eigenvalue weighted by Crippen LogP contribution is 2.38. The molecule has 1 spiro atoms. The summed E-state index contributed by atoms with van der Waals surface area (Å²) in [6.45, 7) is 3.89. The van der Waals surface area contributed by atoms with E-state index in [0.717, 1.165) is 39.1 Å². The molecule has 14 heavy (non-hydrogen) atoms. The van der Waals surface area contributed by atoms with Gasteiger partial charge in [0.1, 0.15) is 5.60 Å². The van der Waals surface area contributed by atoms with Gasteiger partial charge in [-0.15, -0.1) is 0 Å². The molecule has 0 aliphatic carbocycles. The lowest BCUT2D eigenvalue weighted by Gasteiger charge is -2.36. The van der Waals surface area contributed by atoms with Crippen LogP contribution in [-0.4, -0.2) is 31.8 Å². The molecule has 0 radical (unpaired) electrons. The van der Waals surface area contributed by atoms with Crippen LogP contribution in [0.25, 0.3) is 0 Å². The SMILES string of the molecule is C1=CC2=C(NC1)C1(CCNCC1)OC2. The normalized spacial score (nSPS) is 29.1. The number of rotatable bonds is 0. The molecule has 0 saturated carbocycles. The van der Waals surface area contributed by atoms with E-state index in [1.807, 2.05) is 0 Å². The molecular weight excluding hydrogens is 176 g/mol. The minimum absolute atomic E-state index is 0.0192. The minimum atomic E-state index is 0.0192. The van der Waals surface area contributed by atoms with E-state index in [-0.39, 0.29) is 5.60 Å². The average molecular weight is 192 g/mol. The molecule has 0 amide bonds. The molecule has 3 aliphatic heterocycles. The minimum Gasteiger partial charge on any atom is -0.382 e. The van der Waals surface area contributed by atoms with Gasteiger partial charge >= 0.3 is 0 Å². The largest absolute Gasteiger partial charge is 0.382 e. The van der Waals surface area contributed by atoms with Gasteiger partial charge in [0.2, 0.25) is 0 Å². The smallest absolute Gasteiger partial charge is 0.111 e. The van der Waals surface area contributed by atoms with Gasteiger partial charge in [-0.25, -0.2) is 0 Å². The van der Waals surface area contributed by atoms with Crippen molar-refractivity contribution in [1.29, 1.82) is 0 Å². The number of fused-ring (bicyclic) bond motifs is 1. The summed E-state index contributed by atoms with van der Waals surface area (Å²) in [4.78, 5) is 0. The van der Waals surface area contributed by atoms with E-state index in [0.29, 0.717) is 0 Å². The van der Waals surface area contributed by atoms with E-state index >= 15 is 0 Å². The van der Waals surface area contributed by atoms with Crippen LogP contribution in [0.1, 0.15) is 12.8 Å². The first-order valence-electron chi connectivity index (χ1n) is 5.39. The van der Waals surface area contributed by atoms with E-state index in [1.54, 1.807) is 0 Å². The van der Waals surface area contributed by atoms with Crippen molar-refractivity contribution in [2.24, 2.45) is 0 Å². The third-order valence-electron chi connectivity index (χ3n) is 3.41. The number of hydrogen-bond donors (Lipinski definition) is 2. The summed E-state index contributed by atoms with van der Waals surface area (Å²) in [5.74, 6) is 0. The summed E-state index contributed by atoms with van der Waals surface area (Å²) in [7, 11) is 0. The highest BCUT2D eigenvalue weighted by molar-refractivity contribution is 5.38. The Morgan fingerprint density at radius 3 is 3.00 bits per heavy atom. The van der Waals surface area contributed by atoms with Crippen LogP contribution in [0.2, 0.25) is 0 Å². The molecule has 3 nitrogen and oxygen atoms in total. The predicted octanol–water partition coefficient (Wildman–Crippen LogP) is 0.552. The Labute approximate surface area is 84.2 Å². The quantitative estimate of drug-likeness (QED) is 0.588. The van der Waals surface area contributed by atoms with Gasteiger partial charge in [0.05, 0.1) is 6.61 Å². The fourth-order valence-electron chi connectivity index (χ4n) is 2.65. The molecule has 0 atom stereocenters. The van der Waals surface area contributed by atoms with E-state index in [1.165, 1.54) is 11.3 Å². The summed E-state index contributed by atoms with van der Waals surface area (Å²) in [5.41, 5.74) is 2.74. The highest BCUT2D eigenvalue weighted by Gasteiger charge is 2.42. The molecule has 2 N–H and O–H groups in total. The van der Waals surface area contributed by atoms with Crippen molar-refractivity contribution in [1.82, 2.24) is 10.6 Å². The Bertz CT molecular complexity index is 300. The van der Waals surface area contributed by atoms with Gasteiger partial charge in [0.15, 0.2) is 0 Å². The average Bonchev–Trinajstić information content (AvgIpc) is 2.60. The maximum Gasteiger partial charge on any atom is 0.111 e. The predicted molar refractivity (Wildman–Crippen MR) is 55.0 cm³/mol. The van der Waals surface area contributed by atoms with Crippen LogP contribution >= 0.6 is 0 Å². The van der Waals surface area contributed by atoms with Crippen LogP contribution in [0.4, 0.5) is 0 Å². The zero-order valence-electron chi connectivity index (χ0n) is 8.31.